The Morgan fingerprint density at radius 2 is 2.03 bits per heavy atom. The molecule has 1 fully saturated rings. The molecule has 158 valence electrons. The first kappa shape index (κ1) is 20.4. The van der Waals surface area contributed by atoms with E-state index in [0.29, 0.717) is 16.4 Å². The molecule has 0 spiro atoms. The van der Waals surface area contributed by atoms with Gasteiger partial charge in [0.2, 0.25) is 5.91 Å². The maximum atomic E-state index is 12.3. The molecular formula is C16H16N6O6S2. The van der Waals surface area contributed by atoms with Crippen molar-refractivity contribution >= 4 is 47.0 Å². The van der Waals surface area contributed by atoms with Crippen molar-refractivity contribution in [1.29, 1.82) is 0 Å². The maximum Gasteiger partial charge on any atom is 0.367 e. The maximum absolute atomic E-state index is 12.3. The average molecular weight is 452 g/mol. The number of carboxylic acid groups (broad SMARTS) is 2. The highest BCUT2D eigenvalue weighted by atomic mass is 32.2. The van der Waals surface area contributed by atoms with E-state index in [1.165, 1.54) is 28.4 Å². The Bertz CT molecular complexity index is 1160. The van der Waals surface area contributed by atoms with Gasteiger partial charge in [-0.2, -0.15) is 9.61 Å². The Labute approximate surface area is 176 Å². The molecule has 0 radical (unpaired) electrons. The molecule has 0 bridgehead atoms. The summed E-state index contributed by atoms with van der Waals surface area (Å²) in [6.45, 7) is -0.0702. The molecule has 0 saturated carbocycles. The zero-order valence-electron chi connectivity index (χ0n) is 15.3. The molecule has 14 heteroatoms. The lowest BCUT2D eigenvalue weighted by Gasteiger charge is -2.48. The van der Waals surface area contributed by atoms with Crippen molar-refractivity contribution in [3.8, 4) is 0 Å². The lowest BCUT2D eigenvalue weighted by Crippen LogP contribution is -2.68. The van der Waals surface area contributed by atoms with Crippen LogP contribution in [0.5, 0.6) is 0 Å². The van der Waals surface area contributed by atoms with Gasteiger partial charge in [0.15, 0.2) is 5.65 Å². The molecule has 0 aliphatic carbocycles. The van der Waals surface area contributed by atoms with E-state index < -0.39 is 29.6 Å². The molecule has 1 amide bonds. The van der Waals surface area contributed by atoms with Gasteiger partial charge < -0.3 is 15.9 Å². The molecule has 2 atom stereocenters. The van der Waals surface area contributed by atoms with Gasteiger partial charge >= 0.3 is 17.6 Å². The van der Waals surface area contributed by atoms with Crippen LogP contribution in [-0.4, -0.2) is 75.3 Å². The summed E-state index contributed by atoms with van der Waals surface area (Å²) in [6, 6.07) is 2.52. The molecule has 2 aromatic rings. The lowest BCUT2D eigenvalue weighted by molar-refractivity contribution is -0.147. The van der Waals surface area contributed by atoms with Crippen molar-refractivity contribution in [3.05, 3.63) is 33.9 Å². The SMILES string of the molecule is NC1C(=O)N2C(C(=O)O)=C(CSc3ccc4nn(CCC(=O)O)c(=O)n4n3)CS[C@@H]12. The highest BCUT2D eigenvalue weighted by Gasteiger charge is 2.51. The van der Waals surface area contributed by atoms with Crippen LogP contribution in [0, 0.1) is 0 Å². The number of β-lactam (4-membered cyclic amide) rings is 1. The largest absolute Gasteiger partial charge is 0.481 e. The van der Waals surface area contributed by atoms with E-state index in [-0.39, 0.29) is 35.4 Å². The number of aliphatic carboxylic acids is 2. The summed E-state index contributed by atoms with van der Waals surface area (Å²) in [5.41, 5.74) is 5.98. The second-order valence-electron chi connectivity index (χ2n) is 6.57. The Morgan fingerprint density at radius 3 is 2.73 bits per heavy atom. The quantitative estimate of drug-likeness (QED) is 0.349. The van der Waals surface area contributed by atoms with E-state index in [0.717, 1.165) is 9.20 Å². The van der Waals surface area contributed by atoms with Crippen LogP contribution >= 0.6 is 23.5 Å². The molecule has 4 N–H and O–H groups in total. The summed E-state index contributed by atoms with van der Waals surface area (Å²) in [4.78, 5) is 48.0. The number of aromatic nitrogens is 4. The van der Waals surface area contributed by atoms with E-state index in [9.17, 15) is 24.3 Å². The Hall–Kier alpha value is -2.84. The van der Waals surface area contributed by atoms with E-state index >= 15 is 0 Å². The van der Waals surface area contributed by atoms with E-state index in [2.05, 4.69) is 10.2 Å². The third-order valence-corrected chi connectivity index (χ3v) is 7.01. The minimum Gasteiger partial charge on any atom is -0.481 e. The Morgan fingerprint density at radius 1 is 1.27 bits per heavy atom. The number of thioether (sulfide) groups is 2. The number of nitrogens with zero attached hydrogens (tertiary/aromatic N) is 5. The molecule has 30 heavy (non-hydrogen) atoms. The minimum atomic E-state index is -1.18. The topological polar surface area (TPSA) is 173 Å². The van der Waals surface area contributed by atoms with Gasteiger partial charge in [0.1, 0.15) is 22.1 Å². The van der Waals surface area contributed by atoms with Crippen LogP contribution in [0.4, 0.5) is 0 Å². The molecule has 2 aliphatic rings. The van der Waals surface area contributed by atoms with Crippen LogP contribution in [0.2, 0.25) is 0 Å². The van der Waals surface area contributed by atoms with Gasteiger partial charge in [0.25, 0.3) is 0 Å². The predicted octanol–water partition coefficient (Wildman–Crippen LogP) is -0.961. The van der Waals surface area contributed by atoms with Crippen molar-refractivity contribution in [2.75, 3.05) is 11.5 Å². The van der Waals surface area contributed by atoms with Crippen LogP contribution in [-0.2, 0) is 20.9 Å². The monoisotopic (exact) mass is 452 g/mol. The van der Waals surface area contributed by atoms with Gasteiger partial charge in [-0.3, -0.25) is 14.5 Å². The summed E-state index contributed by atoms with van der Waals surface area (Å²) in [5.74, 6) is -1.95. The number of amides is 1. The zero-order valence-corrected chi connectivity index (χ0v) is 16.9. The molecular weight excluding hydrogens is 436 g/mol. The molecule has 12 nitrogen and oxygen atoms in total. The number of hydrogen-bond acceptors (Lipinski definition) is 9. The lowest BCUT2D eigenvalue weighted by atomic mass is 10.0. The molecule has 4 rings (SSSR count). The van der Waals surface area contributed by atoms with Gasteiger partial charge in [-0.1, -0.05) is 0 Å². The van der Waals surface area contributed by atoms with Gasteiger partial charge in [0.05, 0.1) is 13.0 Å². The van der Waals surface area contributed by atoms with Crippen LogP contribution < -0.4 is 11.4 Å². The third kappa shape index (κ3) is 3.46. The smallest absolute Gasteiger partial charge is 0.367 e. The highest BCUT2D eigenvalue weighted by Crippen LogP contribution is 2.40. The van der Waals surface area contributed by atoms with Crippen molar-refractivity contribution in [3.63, 3.8) is 0 Å². The number of carboxylic acids is 2. The van der Waals surface area contributed by atoms with Crippen molar-refractivity contribution in [2.24, 2.45) is 5.73 Å². The molecule has 1 saturated heterocycles. The fourth-order valence-electron chi connectivity index (χ4n) is 3.17. The van der Waals surface area contributed by atoms with Crippen molar-refractivity contribution < 1.29 is 24.6 Å². The van der Waals surface area contributed by atoms with Gasteiger partial charge in [0, 0.05) is 11.5 Å². The number of nitrogens with two attached hydrogens (primary N) is 1. The predicted molar refractivity (Wildman–Crippen MR) is 106 cm³/mol. The fourth-order valence-corrected chi connectivity index (χ4v) is 5.45. The number of rotatable bonds is 7. The molecule has 0 aromatic carbocycles. The molecule has 4 heterocycles. The fraction of sp³-hybridized carbons (Fsp3) is 0.375. The second-order valence-corrected chi connectivity index (χ2v) is 8.67. The standard InChI is InChI=1S/C16H16N6O6S2/c17-11-13(25)21-12(15(26)27)7(6-30-14(11)21)5-29-9-2-1-8-18-20(4-3-10(23)24)16(28)22(8)19-9/h1-2,11,14H,3-6,17H2,(H,23,24)(H,26,27)/t11?,14-/m0/s1. The summed E-state index contributed by atoms with van der Waals surface area (Å²) in [7, 11) is 0. The number of hydrogen-bond donors (Lipinski definition) is 3. The van der Waals surface area contributed by atoms with Gasteiger partial charge in [-0.15, -0.1) is 28.6 Å². The molecule has 1 unspecified atom stereocenters. The number of carbonyl (C=O) groups excluding carboxylic acids is 1. The summed E-state index contributed by atoms with van der Waals surface area (Å²) < 4.78 is 2.10. The third-order valence-electron chi connectivity index (χ3n) is 4.64. The Balaban J connectivity index is 1.55. The number of fused-ring (bicyclic) bond motifs is 2. The van der Waals surface area contributed by atoms with E-state index in [1.807, 2.05) is 0 Å². The van der Waals surface area contributed by atoms with Crippen molar-refractivity contribution in [1.82, 2.24) is 24.3 Å². The Kier molecular flexibility index (Phi) is 5.29. The van der Waals surface area contributed by atoms with Gasteiger partial charge in [-0.25, -0.2) is 14.3 Å². The first-order valence-electron chi connectivity index (χ1n) is 8.75. The van der Waals surface area contributed by atoms with Crippen molar-refractivity contribution in [2.45, 2.75) is 29.4 Å². The van der Waals surface area contributed by atoms with Crippen LogP contribution in [0.15, 0.2) is 33.2 Å². The zero-order chi connectivity index (χ0) is 21.6. The normalized spacial score (nSPS) is 21.0. The second kappa shape index (κ2) is 7.77. The van der Waals surface area contributed by atoms with E-state index in [4.69, 9.17) is 10.8 Å². The number of aryl methyl sites for hydroxylation is 1. The summed E-state index contributed by atoms with van der Waals surface area (Å²) in [5, 5.41) is 26.7. The van der Waals surface area contributed by atoms with E-state index in [1.54, 1.807) is 12.1 Å². The summed E-state index contributed by atoms with van der Waals surface area (Å²) in [6.07, 6.45) is -0.241. The summed E-state index contributed by atoms with van der Waals surface area (Å²) >= 11 is 2.64. The first-order valence-corrected chi connectivity index (χ1v) is 10.8. The molecule has 2 aromatic heterocycles. The number of carbonyl (C=O) groups is 3. The van der Waals surface area contributed by atoms with Crippen LogP contribution in [0.25, 0.3) is 5.65 Å². The first-order chi connectivity index (χ1) is 14.3. The molecule has 2 aliphatic heterocycles. The average Bonchev–Trinajstić information content (AvgIpc) is 3.04. The minimum absolute atomic E-state index is 0.0438. The van der Waals surface area contributed by atoms with Crippen LogP contribution in [0.3, 0.4) is 0 Å². The highest BCUT2D eigenvalue weighted by molar-refractivity contribution is 8.01. The van der Waals surface area contributed by atoms with Crippen LogP contribution in [0.1, 0.15) is 6.42 Å². The van der Waals surface area contributed by atoms with Gasteiger partial charge in [-0.05, 0) is 17.7 Å².